The zero-order valence-electron chi connectivity index (χ0n) is 10.1. The molecule has 0 aromatic carbocycles. The summed E-state index contributed by atoms with van der Waals surface area (Å²) in [4.78, 5) is 13.8. The van der Waals surface area contributed by atoms with Gasteiger partial charge in [-0.15, -0.1) is 0 Å². The topological polar surface area (TPSA) is 41.6 Å². The van der Waals surface area contributed by atoms with Crippen molar-refractivity contribution < 1.29 is 9.53 Å². The van der Waals surface area contributed by atoms with E-state index in [1.165, 1.54) is 0 Å². The Kier molecular flexibility index (Phi) is 4.54. The molecule has 1 heterocycles. The fraction of sp³-hybridized carbons (Fsp3) is 0.909. The van der Waals surface area contributed by atoms with Crippen LogP contribution in [0.25, 0.3) is 0 Å². The third-order valence-electron chi connectivity index (χ3n) is 2.89. The molecule has 1 saturated heterocycles. The zero-order chi connectivity index (χ0) is 11.4. The normalized spacial score (nSPS) is 28.5. The van der Waals surface area contributed by atoms with Crippen molar-refractivity contribution in [2.24, 2.45) is 0 Å². The molecule has 1 amide bonds. The second-order valence-corrected chi connectivity index (χ2v) is 4.23. The molecule has 88 valence electrons. The second kappa shape index (κ2) is 5.47. The monoisotopic (exact) mass is 214 g/mol. The first kappa shape index (κ1) is 12.5. The lowest BCUT2D eigenvalue weighted by atomic mass is 10.2. The maximum Gasteiger partial charge on any atom is 0.240 e. The summed E-state index contributed by atoms with van der Waals surface area (Å²) in [6.45, 7) is 6.71. The number of rotatable bonds is 5. The van der Waals surface area contributed by atoms with Crippen LogP contribution in [-0.2, 0) is 9.53 Å². The quantitative estimate of drug-likeness (QED) is 0.741. The third-order valence-corrected chi connectivity index (χ3v) is 2.89. The summed E-state index contributed by atoms with van der Waals surface area (Å²) in [7, 11) is 1.68. The lowest BCUT2D eigenvalue weighted by Gasteiger charge is -2.26. The van der Waals surface area contributed by atoms with Crippen LogP contribution in [0.1, 0.15) is 33.6 Å². The first-order valence-corrected chi connectivity index (χ1v) is 5.69. The van der Waals surface area contributed by atoms with E-state index < -0.39 is 0 Å². The van der Waals surface area contributed by atoms with Gasteiger partial charge in [0.1, 0.15) is 0 Å². The Morgan fingerprint density at radius 1 is 1.60 bits per heavy atom. The average Bonchev–Trinajstić information content (AvgIpc) is 2.46. The number of carbonyl (C=O) groups is 1. The molecule has 4 heteroatoms. The van der Waals surface area contributed by atoms with Crippen LogP contribution < -0.4 is 5.32 Å². The van der Waals surface area contributed by atoms with Gasteiger partial charge >= 0.3 is 0 Å². The SMILES string of the molecule is CCCC1NC(C)C(=O)N1CC(C)OC. The molecule has 0 radical (unpaired) electrons. The number of amides is 1. The predicted octanol–water partition coefficient (Wildman–Crippen LogP) is 0.968. The van der Waals surface area contributed by atoms with Crippen molar-refractivity contribution in [2.75, 3.05) is 13.7 Å². The second-order valence-electron chi connectivity index (χ2n) is 4.23. The smallest absolute Gasteiger partial charge is 0.240 e. The molecule has 15 heavy (non-hydrogen) atoms. The number of hydrogen-bond acceptors (Lipinski definition) is 3. The number of carbonyl (C=O) groups excluding carboxylic acids is 1. The van der Waals surface area contributed by atoms with E-state index in [9.17, 15) is 4.79 Å². The molecule has 0 aromatic heterocycles. The van der Waals surface area contributed by atoms with Crippen molar-refractivity contribution in [3.8, 4) is 0 Å². The highest BCUT2D eigenvalue weighted by Gasteiger charge is 2.35. The van der Waals surface area contributed by atoms with E-state index in [4.69, 9.17) is 4.74 Å². The summed E-state index contributed by atoms with van der Waals surface area (Å²) in [5, 5.41) is 3.30. The Balaban J connectivity index is 2.60. The number of methoxy groups -OCH3 is 1. The van der Waals surface area contributed by atoms with Gasteiger partial charge < -0.3 is 9.64 Å². The van der Waals surface area contributed by atoms with Gasteiger partial charge in [0.15, 0.2) is 0 Å². The van der Waals surface area contributed by atoms with E-state index in [0.717, 1.165) is 12.8 Å². The molecule has 1 N–H and O–H groups in total. The van der Waals surface area contributed by atoms with E-state index in [1.54, 1.807) is 7.11 Å². The van der Waals surface area contributed by atoms with Gasteiger partial charge in [-0.05, 0) is 20.3 Å². The van der Waals surface area contributed by atoms with Crippen molar-refractivity contribution in [3.05, 3.63) is 0 Å². The molecule has 0 bridgehead atoms. The summed E-state index contributed by atoms with van der Waals surface area (Å²) >= 11 is 0. The van der Waals surface area contributed by atoms with Gasteiger partial charge in [0.2, 0.25) is 5.91 Å². The van der Waals surface area contributed by atoms with Crippen LogP contribution >= 0.6 is 0 Å². The average molecular weight is 214 g/mol. The van der Waals surface area contributed by atoms with Crippen LogP contribution in [-0.4, -0.2) is 42.8 Å². The fourth-order valence-corrected chi connectivity index (χ4v) is 1.93. The molecule has 0 spiro atoms. The number of nitrogens with one attached hydrogen (secondary N) is 1. The fourth-order valence-electron chi connectivity index (χ4n) is 1.93. The van der Waals surface area contributed by atoms with E-state index in [2.05, 4.69) is 12.2 Å². The Bertz CT molecular complexity index is 221. The minimum atomic E-state index is -0.0504. The minimum Gasteiger partial charge on any atom is -0.380 e. The molecule has 1 aliphatic heterocycles. The summed E-state index contributed by atoms with van der Waals surface area (Å²) in [5.41, 5.74) is 0. The van der Waals surface area contributed by atoms with Gasteiger partial charge in [-0.1, -0.05) is 13.3 Å². The van der Waals surface area contributed by atoms with Crippen LogP contribution in [0.3, 0.4) is 0 Å². The van der Waals surface area contributed by atoms with Gasteiger partial charge in [-0.2, -0.15) is 0 Å². The summed E-state index contributed by atoms with van der Waals surface area (Å²) < 4.78 is 5.20. The Labute approximate surface area is 92.0 Å². The molecule has 0 aromatic rings. The summed E-state index contributed by atoms with van der Waals surface area (Å²) in [6, 6.07) is -0.0504. The van der Waals surface area contributed by atoms with E-state index >= 15 is 0 Å². The maximum atomic E-state index is 11.8. The Hall–Kier alpha value is -0.610. The molecule has 0 saturated carbocycles. The largest absolute Gasteiger partial charge is 0.380 e. The number of ether oxygens (including phenoxy) is 1. The summed E-state index contributed by atoms with van der Waals surface area (Å²) in [6.07, 6.45) is 2.37. The highest BCUT2D eigenvalue weighted by molar-refractivity contribution is 5.83. The van der Waals surface area contributed by atoms with E-state index in [-0.39, 0.29) is 24.2 Å². The van der Waals surface area contributed by atoms with Gasteiger partial charge in [0, 0.05) is 13.7 Å². The molecular weight excluding hydrogens is 192 g/mol. The van der Waals surface area contributed by atoms with Crippen molar-refractivity contribution in [3.63, 3.8) is 0 Å². The van der Waals surface area contributed by atoms with E-state index in [0.29, 0.717) is 6.54 Å². The van der Waals surface area contributed by atoms with Crippen LogP contribution in [0.15, 0.2) is 0 Å². The van der Waals surface area contributed by atoms with Crippen LogP contribution in [0.4, 0.5) is 0 Å². The summed E-state index contributed by atoms with van der Waals surface area (Å²) in [5.74, 6) is 0.192. The van der Waals surface area contributed by atoms with Crippen LogP contribution in [0.2, 0.25) is 0 Å². The van der Waals surface area contributed by atoms with Crippen molar-refractivity contribution in [2.45, 2.75) is 51.9 Å². The molecule has 1 rings (SSSR count). The first-order chi connectivity index (χ1) is 7.10. The lowest BCUT2D eigenvalue weighted by molar-refractivity contribution is -0.131. The third kappa shape index (κ3) is 2.92. The first-order valence-electron chi connectivity index (χ1n) is 5.69. The Morgan fingerprint density at radius 3 is 2.80 bits per heavy atom. The molecule has 1 aliphatic rings. The van der Waals surface area contributed by atoms with Crippen molar-refractivity contribution >= 4 is 5.91 Å². The van der Waals surface area contributed by atoms with Crippen molar-refractivity contribution in [1.29, 1.82) is 0 Å². The molecule has 0 aliphatic carbocycles. The van der Waals surface area contributed by atoms with Gasteiger partial charge in [-0.3, -0.25) is 10.1 Å². The molecule has 3 atom stereocenters. The zero-order valence-corrected chi connectivity index (χ0v) is 10.1. The van der Waals surface area contributed by atoms with Crippen molar-refractivity contribution in [1.82, 2.24) is 10.2 Å². The molecule has 3 unspecified atom stereocenters. The van der Waals surface area contributed by atoms with Gasteiger partial charge in [-0.25, -0.2) is 0 Å². The van der Waals surface area contributed by atoms with Crippen LogP contribution in [0.5, 0.6) is 0 Å². The van der Waals surface area contributed by atoms with E-state index in [1.807, 2.05) is 18.7 Å². The molecular formula is C11H22N2O2. The molecule has 4 nitrogen and oxygen atoms in total. The minimum absolute atomic E-state index is 0.0504. The van der Waals surface area contributed by atoms with Gasteiger partial charge in [0.05, 0.1) is 18.3 Å². The lowest BCUT2D eigenvalue weighted by Crippen LogP contribution is -2.41. The predicted molar refractivity (Wildman–Crippen MR) is 59.5 cm³/mol. The highest BCUT2D eigenvalue weighted by Crippen LogP contribution is 2.15. The molecule has 1 fully saturated rings. The number of nitrogens with zero attached hydrogens (tertiary/aromatic N) is 1. The highest BCUT2D eigenvalue weighted by atomic mass is 16.5. The van der Waals surface area contributed by atoms with Gasteiger partial charge in [0.25, 0.3) is 0 Å². The standard InChI is InChI=1S/C11H22N2O2/c1-5-6-10-12-9(3)11(14)13(10)7-8(2)15-4/h8-10,12H,5-7H2,1-4H3. The maximum absolute atomic E-state index is 11.8. The Morgan fingerprint density at radius 2 is 2.27 bits per heavy atom. The number of hydrogen-bond donors (Lipinski definition) is 1. The van der Waals surface area contributed by atoms with Crippen LogP contribution in [0, 0.1) is 0 Å².